The number of carbonyl (C=O) groups excluding carboxylic acids is 1. The summed E-state index contributed by atoms with van der Waals surface area (Å²) in [5.74, 6) is 0.0875. The summed E-state index contributed by atoms with van der Waals surface area (Å²) in [6.07, 6.45) is 0. The molecular weight excluding hydrogens is 424 g/mol. The van der Waals surface area contributed by atoms with Crippen LogP contribution in [0.4, 0.5) is 5.69 Å². The standard InChI is InChI=1S/C22H17ClN2O4S/c1-25(21-18-9-5-6-10-19(18)30(27,28)24-21)16-11-13-17(14-12-16)29-22(26)20(23)15-7-3-2-4-8-15/h2-14,20H,1H3/t20-/m1/s1. The quantitative estimate of drug-likeness (QED) is 0.346. The molecule has 3 aromatic rings. The van der Waals surface area contributed by atoms with Gasteiger partial charge in [-0.2, -0.15) is 8.42 Å². The Hall–Kier alpha value is -3.16. The summed E-state index contributed by atoms with van der Waals surface area (Å²) in [4.78, 5) is 14.2. The van der Waals surface area contributed by atoms with Gasteiger partial charge in [-0.3, -0.25) is 0 Å². The smallest absolute Gasteiger partial charge is 0.334 e. The summed E-state index contributed by atoms with van der Waals surface area (Å²) < 4.78 is 33.8. The number of carbonyl (C=O) groups is 1. The molecule has 152 valence electrons. The molecule has 30 heavy (non-hydrogen) atoms. The van der Waals surface area contributed by atoms with Crippen LogP contribution in [0.5, 0.6) is 5.75 Å². The normalized spacial score (nSPS) is 15.1. The Morgan fingerprint density at radius 1 is 0.967 bits per heavy atom. The first kappa shape index (κ1) is 20.1. The van der Waals surface area contributed by atoms with Crippen LogP contribution in [0.3, 0.4) is 0 Å². The zero-order valence-corrected chi connectivity index (χ0v) is 17.5. The summed E-state index contributed by atoms with van der Waals surface area (Å²) >= 11 is 6.19. The average molecular weight is 441 g/mol. The number of fused-ring (bicyclic) bond motifs is 1. The molecule has 1 heterocycles. The van der Waals surface area contributed by atoms with E-state index in [0.717, 1.165) is 0 Å². The van der Waals surface area contributed by atoms with Gasteiger partial charge in [0, 0.05) is 18.3 Å². The van der Waals surface area contributed by atoms with E-state index in [1.165, 1.54) is 6.07 Å². The zero-order chi connectivity index (χ0) is 21.3. The third-order valence-corrected chi connectivity index (χ3v) is 6.43. The highest BCUT2D eigenvalue weighted by atomic mass is 35.5. The van der Waals surface area contributed by atoms with E-state index in [-0.39, 0.29) is 4.90 Å². The predicted octanol–water partition coefficient (Wildman–Crippen LogP) is 4.16. The Labute approximate surface area is 179 Å². The lowest BCUT2D eigenvalue weighted by Gasteiger charge is -2.19. The number of nitrogens with zero attached hydrogens (tertiary/aromatic N) is 2. The van der Waals surface area contributed by atoms with Gasteiger partial charge in [0.15, 0.2) is 11.2 Å². The third-order valence-electron chi connectivity index (χ3n) is 4.67. The molecule has 0 amide bonds. The monoisotopic (exact) mass is 440 g/mol. The van der Waals surface area contributed by atoms with Crippen molar-refractivity contribution in [1.82, 2.24) is 0 Å². The highest BCUT2D eigenvalue weighted by Gasteiger charge is 2.30. The first-order valence-corrected chi connectivity index (χ1v) is 10.9. The van der Waals surface area contributed by atoms with E-state index in [4.69, 9.17) is 16.3 Å². The number of ether oxygens (including phenoxy) is 1. The number of hydrogen-bond acceptors (Lipinski definition) is 5. The van der Waals surface area contributed by atoms with Crippen molar-refractivity contribution in [2.45, 2.75) is 10.3 Å². The van der Waals surface area contributed by atoms with Crippen molar-refractivity contribution in [2.24, 2.45) is 4.40 Å². The van der Waals surface area contributed by atoms with Crippen molar-refractivity contribution in [3.8, 4) is 5.75 Å². The minimum Gasteiger partial charge on any atom is -0.425 e. The second kappa shape index (κ2) is 7.93. The SMILES string of the molecule is CN(C1=NS(=O)(=O)c2ccccc21)c1ccc(OC(=O)[C@H](Cl)c2ccccc2)cc1. The maximum Gasteiger partial charge on any atom is 0.334 e. The molecule has 1 atom stereocenters. The van der Waals surface area contributed by atoms with Crippen LogP contribution in [0, 0.1) is 0 Å². The van der Waals surface area contributed by atoms with Crippen molar-refractivity contribution in [2.75, 3.05) is 11.9 Å². The molecule has 0 unspecified atom stereocenters. The largest absolute Gasteiger partial charge is 0.425 e. The predicted molar refractivity (Wildman–Crippen MR) is 116 cm³/mol. The number of benzene rings is 3. The zero-order valence-electron chi connectivity index (χ0n) is 15.9. The van der Waals surface area contributed by atoms with Crippen molar-refractivity contribution < 1.29 is 17.9 Å². The minimum absolute atomic E-state index is 0.187. The number of alkyl halides is 1. The molecular formula is C22H17ClN2O4S. The van der Waals surface area contributed by atoms with Crippen LogP contribution in [-0.2, 0) is 14.8 Å². The Bertz CT molecular complexity index is 1230. The fraction of sp³-hybridized carbons (Fsp3) is 0.0909. The van der Waals surface area contributed by atoms with Gasteiger partial charge in [-0.05, 0) is 42.0 Å². The van der Waals surface area contributed by atoms with Gasteiger partial charge in [0.2, 0.25) is 0 Å². The van der Waals surface area contributed by atoms with Crippen LogP contribution in [-0.4, -0.2) is 27.3 Å². The average Bonchev–Trinajstić information content (AvgIpc) is 3.05. The topological polar surface area (TPSA) is 76.0 Å². The first-order valence-electron chi connectivity index (χ1n) is 9.06. The van der Waals surface area contributed by atoms with E-state index in [0.29, 0.717) is 28.4 Å². The second-order valence-electron chi connectivity index (χ2n) is 6.63. The maximum atomic E-state index is 12.3. The molecule has 6 nitrogen and oxygen atoms in total. The molecule has 0 saturated heterocycles. The van der Waals surface area contributed by atoms with Gasteiger partial charge in [0.1, 0.15) is 10.6 Å². The van der Waals surface area contributed by atoms with Crippen LogP contribution in [0.2, 0.25) is 0 Å². The highest BCUT2D eigenvalue weighted by molar-refractivity contribution is 7.90. The van der Waals surface area contributed by atoms with Crippen LogP contribution < -0.4 is 9.64 Å². The number of sulfonamides is 1. The molecule has 1 aliphatic heterocycles. The van der Waals surface area contributed by atoms with Gasteiger partial charge in [-0.25, -0.2) is 4.79 Å². The lowest BCUT2D eigenvalue weighted by Crippen LogP contribution is -2.26. The molecule has 8 heteroatoms. The highest BCUT2D eigenvalue weighted by Crippen LogP contribution is 2.30. The molecule has 0 aliphatic carbocycles. The number of hydrogen-bond donors (Lipinski definition) is 0. The lowest BCUT2D eigenvalue weighted by molar-refractivity contribution is -0.134. The molecule has 0 radical (unpaired) electrons. The van der Waals surface area contributed by atoms with Gasteiger partial charge in [-0.1, -0.05) is 42.5 Å². The molecule has 0 N–H and O–H groups in total. The molecule has 0 saturated carbocycles. The fourth-order valence-corrected chi connectivity index (χ4v) is 4.54. The number of rotatable bonds is 4. The molecule has 0 spiro atoms. The van der Waals surface area contributed by atoms with Gasteiger partial charge in [-0.15, -0.1) is 16.0 Å². The number of anilines is 1. The van der Waals surface area contributed by atoms with Gasteiger partial charge in [0.25, 0.3) is 10.0 Å². The fourth-order valence-electron chi connectivity index (χ4n) is 3.12. The van der Waals surface area contributed by atoms with E-state index in [2.05, 4.69) is 4.40 Å². The summed E-state index contributed by atoms with van der Waals surface area (Å²) in [5.41, 5.74) is 1.88. The Morgan fingerprint density at radius 2 is 1.60 bits per heavy atom. The van der Waals surface area contributed by atoms with Gasteiger partial charge < -0.3 is 9.64 Å². The van der Waals surface area contributed by atoms with Crippen molar-refractivity contribution in [1.29, 1.82) is 0 Å². The maximum absolute atomic E-state index is 12.3. The summed E-state index contributed by atoms with van der Waals surface area (Å²) in [5, 5.41) is -0.914. The Kier molecular flexibility index (Phi) is 5.32. The van der Waals surface area contributed by atoms with E-state index in [1.807, 2.05) is 6.07 Å². The summed E-state index contributed by atoms with van der Waals surface area (Å²) in [6.45, 7) is 0. The summed E-state index contributed by atoms with van der Waals surface area (Å²) in [6, 6.07) is 22.3. The number of halogens is 1. The lowest BCUT2D eigenvalue weighted by atomic mass is 10.1. The van der Waals surface area contributed by atoms with E-state index in [1.54, 1.807) is 78.7 Å². The molecule has 3 aromatic carbocycles. The molecule has 4 rings (SSSR count). The van der Waals surface area contributed by atoms with E-state index >= 15 is 0 Å². The molecule has 0 bridgehead atoms. The van der Waals surface area contributed by atoms with Crippen LogP contribution >= 0.6 is 11.6 Å². The van der Waals surface area contributed by atoms with Gasteiger partial charge in [0.05, 0.1) is 0 Å². The van der Waals surface area contributed by atoms with Crippen molar-refractivity contribution in [3.05, 3.63) is 90.0 Å². The number of amidine groups is 1. The van der Waals surface area contributed by atoms with E-state index < -0.39 is 21.4 Å². The van der Waals surface area contributed by atoms with Crippen LogP contribution in [0.1, 0.15) is 16.5 Å². The number of esters is 1. The van der Waals surface area contributed by atoms with Crippen LogP contribution in [0.15, 0.2) is 88.2 Å². The molecule has 1 aliphatic rings. The van der Waals surface area contributed by atoms with E-state index in [9.17, 15) is 13.2 Å². The third kappa shape index (κ3) is 3.81. The Balaban J connectivity index is 1.51. The first-order chi connectivity index (χ1) is 14.4. The van der Waals surface area contributed by atoms with Crippen molar-refractivity contribution >= 4 is 39.1 Å². The molecule has 0 fully saturated rings. The second-order valence-corrected chi connectivity index (χ2v) is 8.64. The molecule has 0 aromatic heterocycles. The Morgan fingerprint density at radius 3 is 2.30 bits per heavy atom. The van der Waals surface area contributed by atoms with Gasteiger partial charge >= 0.3 is 5.97 Å². The van der Waals surface area contributed by atoms with Crippen molar-refractivity contribution in [3.63, 3.8) is 0 Å². The summed E-state index contributed by atoms with van der Waals surface area (Å²) in [7, 11) is -1.98. The minimum atomic E-state index is -3.71. The van der Waals surface area contributed by atoms with Crippen LogP contribution in [0.25, 0.3) is 0 Å².